The van der Waals surface area contributed by atoms with Crippen LogP contribution in [-0.4, -0.2) is 36.9 Å². The predicted octanol–water partition coefficient (Wildman–Crippen LogP) is 1.94. The van der Waals surface area contributed by atoms with Gasteiger partial charge < -0.3 is 15.5 Å². The second kappa shape index (κ2) is 6.69. The number of nitrogens with two attached hydrogens (primary N) is 1. The highest BCUT2D eigenvalue weighted by Crippen LogP contribution is 2.15. The summed E-state index contributed by atoms with van der Waals surface area (Å²) >= 11 is 1.42. The van der Waals surface area contributed by atoms with Crippen LogP contribution < -0.4 is 10.6 Å². The molecule has 2 rings (SSSR count). The van der Waals surface area contributed by atoms with Crippen LogP contribution >= 0.6 is 11.3 Å². The zero-order valence-electron chi connectivity index (χ0n) is 12.5. The number of amides is 1. The third kappa shape index (κ3) is 3.80. The monoisotopic (exact) mass is 304 g/mol. The van der Waals surface area contributed by atoms with E-state index in [1.807, 2.05) is 43.3 Å². The Bertz CT molecular complexity index is 606. The Kier molecular flexibility index (Phi) is 4.93. The fourth-order valence-corrected chi connectivity index (χ4v) is 2.59. The van der Waals surface area contributed by atoms with E-state index in [0.717, 1.165) is 16.3 Å². The highest BCUT2D eigenvalue weighted by Gasteiger charge is 2.15. The molecule has 0 aliphatic rings. The van der Waals surface area contributed by atoms with Gasteiger partial charge in [-0.3, -0.25) is 4.79 Å². The normalized spacial score (nSPS) is 10.5. The number of anilines is 1. The van der Waals surface area contributed by atoms with E-state index in [-0.39, 0.29) is 5.91 Å². The fourth-order valence-electron chi connectivity index (χ4n) is 1.94. The molecule has 0 bridgehead atoms. The van der Waals surface area contributed by atoms with Crippen LogP contribution in [0.15, 0.2) is 29.6 Å². The smallest absolute Gasteiger partial charge is 0.273 e. The van der Waals surface area contributed by atoms with Crippen LogP contribution in [0.4, 0.5) is 5.69 Å². The number of carbonyl (C=O) groups excluding carboxylic acids is 1. The predicted molar refractivity (Wildman–Crippen MR) is 86.6 cm³/mol. The van der Waals surface area contributed by atoms with Gasteiger partial charge in [-0.1, -0.05) is 12.1 Å². The molecule has 21 heavy (non-hydrogen) atoms. The molecule has 0 unspecified atom stereocenters. The third-order valence-electron chi connectivity index (χ3n) is 3.16. The van der Waals surface area contributed by atoms with Gasteiger partial charge >= 0.3 is 0 Å². The summed E-state index contributed by atoms with van der Waals surface area (Å²) in [5.41, 5.74) is 8.21. The first-order valence-corrected chi connectivity index (χ1v) is 7.55. The number of rotatable bonds is 5. The second-order valence-electron chi connectivity index (χ2n) is 5.05. The van der Waals surface area contributed by atoms with Crippen molar-refractivity contribution >= 4 is 22.9 Å². The van der Waals surface area contributed by atoms with Crippen molar-refractivity contribution in [3.63, 3.8) is 0 Å². The summed E-state index contributed by atoms with van der Waals surface area (Å²) in [5.74, 6) is -0.0809. The maximum atomic E-state index is 12.3. The van der Waals surface area contributed by atoms with E-state index in [1.54, 1.807) is 17.3 Å². The van der Waals surface area contributed by atoms with E-state index in [9.17, 15) is 4.79 Å². The van der Waals surface area contributed by atoms with Gasteiger partial charge in [-0.05, 0) is 17.7 Å². The molecule has 0 aliphatic carbocycles. The van der Waals surface area contributed by atoms with E-state index in [2.05, 4.69) is 4.98 Å². The van der Waals surface area contributed by atoms with E-state index in [1.165, 1.54) is 11.3 Å². The standard InChI is InChI=1S/C15H20N4OS/c1-18(2)12-6-4-11(5-7-12)9-19(3)15(20)13-10-21-14(8-16)17-13/h4-7,10H,8-9,16H2,1-3H3. The van der Waals surface area contributed by atoms with E-state index < -0.39 is 0 Å². The SMILES string of the molecule is CN(Cc1ccc(N(C)C)cc1)C(=O)c1csc(CN)n1. The number of benzene rings is 1. The zero-order chi connectivity index (χ0) is 15.4. The Morgan fingerprint density at radius 3 is 2.43 bits per heavy atom. The van der Waals surface area contributed by atoms with E-state index in [0.29, 0.717) is 18.8 Å². The maximum Gasteiger partial charge on any atom is 0.273 e. The largest absolute Gasteiger partial charge is 0.378 e. The van der Waals surface area contributed by atoms with Gasteiger partial charge in [0.25, 0.3) is 5.91 Å². The Morgan fingerprint density at radius 2 is 1.90 bits per heavy atom. The van der Waals surface area contributed by atoms with Gasteiger partial charge in [0.05, 0.1) is 0 Å². The average molecular weight is 304 g/mol. The molecule has 112 valence electrons. The minimum Gasteiger partial charge on any atom is -0.378 e. The first-order valence-electron chi connectivity index (χ1n) is 6.67. The first-order chi connectivity index (χ1) is 10.0. The van der Waals surface area contributed by atoms with Crippen LogP contribution in [0, 0.1) is 0 Å². The lowest BCUT2D eigenvalue weighted by molar-refractivity contribution is 0.0780. The summed E-state index contributed by atoms with van der Waals surface area (Å²) in [5, 5.41) is 2.54. The average Bonchev–Trinajstić information content (AvgIpc) is 2.95. The Balaban J connectivity index is 2.03. The summed E-state index contributed by atoms with van der Waals surface area (Å²) in [6.07, 6.45) is 0. The summed E-state index contributed by atoms with van der Waals surface area (Å²) < 4.78 is 0. The minimum absolute atomic E-state index is 0.0809. The van der Waals surface area contributed by atoms with Gasteiger partial charge in [-0.15, -0.1) is 11.3 Å². The van der Waals surface area contributed by atoms with Crippen molar-refractivity contribution in [2.45, 2.75) is 13.1 Å². The molecule has 0 saturated carbocycles. The van der Waals surface area contributed by atoms with Crippen LogP contribution in [0.1, 0.15) is 21.1 Å². The lowest BCUT2D eigenvalue weighted by atomic mass is 10.2. The minimum atomic E-state index is -0.0809. The second-order valence-corrected chi connectivity index (χ2v) is 6.00. The molecule has 0 fully saturated rings. The van der Waals surface area contributed by atoms with Crippen LogP contribution in [0.2, 0.25) is 0 Å². The van der Waals surface area contributed by atoms with Crippen LogP contribution in [0.3, 0.4) is 0 Å². The van der Waals surface area contributed by atoms with Crippen LogP contribution in [0.5, 0.6) is 0 Å². The molecule has 2 N–H and O–H groups in total. The van der Waals surface area contributed by atoms with Crippen LogP contribution in [-0.2, 0) is 13.1 Å². The number of nitrogens with zero attached hydrogens (tertiary/aromatic N) is 3. The van der Waals surface area contributed by atoms with Crippen molar-refractivity contribution in [1.82, 2.24) is 9.88 Å². The molecule has 1 amide bonds. The van der Waals surface area contributed by atoms with E-state index in [4.69, 9.17) is 5.73 Å². The zero-order valence-corrected chi connectivity index (χ0v) is 13.4. The highest BCUT2D eigenvalue weighted by molar-refractivity contribution is 7.09. The van der Waals surface area contributed by atoms with Gasteiger partial charge in [-0.2, -0.15) is 0 Å². The van der Waals surface area contributed by atoms with Crippen molar-refractivity contribution in [3.05, 3.63) is 45.9 Å². The molecule has 1 heterocycles. The molecule has 6 heteroatoms. The van der Waals surface area contributed by atoms with E-state index >= 15 is 0 Å². The summed E-state index contributed by atoms with van der Waals surface area (Å²) in [4.78, 5) is 20.2. The van der Waals surface area contributed by atoms with Gasteiger partial charge in [-0.25, -0.2) is 4.98 Å². The molecule has 0 saturated heterocycles. The molecule has 1 aromatic heterocycles. The maximum absolute atomic E-state index is 12.3. The lowest BCUT2D eigenvalue weighted by Gasteiger charge is -2.17. The van der Waals surface area contributed by atoms with Crippen molar-refractivity contribution in [3.8, 4) is 0 Å². The van der Waals surface area contributed by atoms with Crippen molar-refractivity contribution in [1.29, 1.82) is 0 Å². The molecular weight excluding hydrogens is 284 g/mol. The first kappa shape index (κ1) is 15.5. The number of carbonyl (C=O) groups is 1. The lowest BCUT2D eigenvalue weighted by Crippen LogP contribution is -2.26. The number of thiazole rings is 1. The fraction of sp³-hybridized carbons (Fsp3) is 0.333. The van der Waals surface area contributed by atoms with Gasteiger partial charge in [0.15, 0.2) is 0 Å². The van der Waals surface area contributed by atoms with Gasteiger partial charge in [0, 0.05) is 45.3 Å². The molecule has 1 aromatic carbocycles. The summed E-state index contributed by atoms with van der Waals surface area (Å²) in [6.45, 7) is 0.926. The molecule has 5 nitrogen and oxygen atoms in total. The van der Waals surface area contributed by atoms with Crippen molar-refractivity contribution in [2.24, 2.45) is 5.73 Å². The highest BCUT2D eigenvalue weighted by atomic mass is 32.1. The van der Waals surface area contributed by atoms with Crippen molar-refractivity contribution in [2.75, 3.05) is 26.0 Å². The molecule has 0 aliphatic heterocycles. The number of hydrogen-bond acceptors (Lipinski definition) is 5. The van der Waals surface area contributed by atoms with Crippen molar-refractivity contribution < 1.29 is 4.79 Å². The number of aromatic nitrogens is 1. The Hall–Kier alpha value is -1.92. The topological polar surface area (TPSA) is 62.5 Å². The molecule has 0 spiro atoms. The summed E-state index contributed by atoms with van der Waals surface area (Å²) in [7, 11) is 5.79. The van der Waals surface area contributed by atoms with Gasteiger partial charge in [0.1, 0.15) is 10.7 Å². The van der Waals surface area contributed by atoms with Crippen LogP contribution in [0.25, 0.3) is 0 Å². The quantitative estimate of drug-likeness (QED) is 0.917. The molecular formula is C15H20N4OS. The molecule has 2 aromatic rings. The summed E-state index contributed by atoms with van der Waals surface area (Å²) in [6, 6.07) is 8.16. The van der Waals surface area contributed by atoms with Gasteiger partial charge in [0.2, 0.25) is 0 Å². The molecule has 0 atom stereocenters. The molecule has 0 radical (unpaired) electrons. The number of hydrogen-bond donors (Lipinski definition) is 1. The Morgan fingerprint density at radius 1 is 1.24 bits per heavy atom. The Labute approximate surface area is 129 Å². The third-order valence-corrected chi connectivity index (χ3v) is 4.04.